The van der Waals surface area contributed by atoms with E-state index in [1.54, 1.807) is 0 Å². The highest BCUT2D eigenvalue weighted by Crippen LogP contribution is 2.23. The summed E-state index contributed by atoms with van der Waals surface area (Å²) in [6.45, 7) is 7.69. The van der Waals surface area contributed by atoms with Crippen molar-refractivity contribution in [1.29, 1.82) is 0 Å². The second kappa shape index (κ2) is 8.62. The molecule has 1 aliphatic rings. The third kappa shape index (κ3) is 4.74. The first-order valence-electron chi connectivity index (χ1n) is 6.56. The van der Waals surface area contributed by atoms with E-state index in [0.29, 0.717) is 12.5 Å². The summed E-state index contributed by atoms with van der Waals surface area (Å²) in [5, 5.41) is 16.5. The van der Waals surface area contributed by atoms with Crippen LogP contribution in [-0.4, -0.2) is 40.3 Å². The number of β-amino-alcohol motifs (C(OH)–C–C–N with tert-alkyl or cyclic N) is 1. The summed E-state index contributed by atoms with van der Waals surface area (Å²) in [5.74, 6) is 1.99. The van der Waals surface area contributed by atoms with Gasteiger partial charge in [-0.3, -0.25) is 0 Å². The van der Waals surface area contributed by atoms with Crippen molar-refractivity contribution < 1.29 is 5.11 Å². The number of aromatic nitrogens is 2. The Hall–Kier alpha value is -0.620. The number of aryl methyl sites for hydroxylation is 1. The molecule has 2 atom stereocenters. The molecule has 0 spiro atoms. The van der Waals surface area contributed by atoms with E-state index in [1.165, 1.54) is 0 Å². The Bertz CT molecular complexity index is 417. The molecule has 0 amide bonds. The minimum absolute atomic E-state index is 0. The van der Waals surface area contributed by atoms with Crippen molar-refractivity contribution in [1.82, 2.24) is 15.3 Å². The lowest BCUT2D eigenvalue weighted by molar-refractivity contribution is 0.128. The van der Waals surface area contributed by atoms with Crippen LogP contribution >= 0.6 is 24.8 Å². The van der Waals surface area contributed by atoms with Crippen LogP contribution in [0.4, 0.5) is 5.82 Å². The maximum atomic E-state index is 9.96. The molecule has 0 unspecified atom stereocenters. The summed E-state index contributed by atoms with van der Waals surface area (Å²) in [6, 6.07) is 0.0676. The van der Waals surface area contributed by atoms with Crippen molar-refractivity contribution in [2.45, 2.75) is 45.3 Å². The number of rotatable bonds is 3. The molecule has 1 aromatic heterocycles. The molecule has 0 aliphatic carbocycles. The highest BCUT2D eigenvalue weighted by molar-refractivity contribution is 5.85. The lowest BCUT2D eigenvalue weighted by Crippen LogP contribution is -2.47. The van der Waals surface area contributed by atoms with Crippen LogP contribution in [0, 0.1) is 6.92 Å². The van der Waals surface area contributed by atoms with Gasteiger partial charge < -0.3 is 15.7 Å². The number of hydrogen-bond acceptors (Lipinski definition) is 5. The van der Waals surface area contributed by atoms with E-state index in [2.05, 4.69) is 34.4 Å². The number of aliphatic hydroxyl groups is 1. The van der Waals surface area contributed by atoms with E-state index in [-0.39, 0.29) is 37.0 Å². The first-order valence-corrected chi connectivity index (χ1v) is 6.56. The molecule has 0 aromatic carbocycles. The normalized spacial score (nSPS) is 21.9. The van der Waals surface area contributed by atoms with Crippen LogP contribution in [0.3, 0.4) is 0 Å². The Morgan fingerprint density at radius 3 is 2.70 bits per heavy atom. The van der Waals surface area contributed by atoms with Gasteiger partial charge in [0.25, 0.3) is 0 Å². The summed E-state index contributed by atoms with van der Waals surface area (Å²) in [6.07, 6.45) is 2.42. The molecule has 0 saturated carbocycles. The van der Waals surface area contributed by atoms with Crippen LogP contribution in [0.2, 0.25) is 0 Å². The smallest absolute Gasteiger partial charge is 0.133 e. The highest BCUT2D eigenvalue weighted by atomic mass is 35.5. The largest absolute Gasteiger partial charge is 0.390 e. The van der Waals surface area contributed by atoms with Crippen molar-refractivity contribution in [3.05, 3.63) is 17.6 Å². The fraction of sp³-hybridized carbons (Fsp3) is 0.692. The Balaban J connectivity index is 0.00000180. The van der Waals surface area contributed by atoms with Gasteiger partial charge in [-0.25, -0.2) is 9.97 Å². The molecule has 1 fully saturated rings. The van der Waals surface area contributed by atoms with Gasteiger partial charge in [0.1, 0.15) is 11.6 Å². The lowest BCUT2D eigenvalue weighted by atomic mass is 10.0. The number of aliphatic hydroxyl groups excluding tert-OH is 1. The summed E-state index contributed by atoms with van der Waals surface area (Å²) in [4.78, 5) is 8.72. The van der Waals surface area contributed by atoms with Gasteiger partial charge in [0, 0.05) is 18.3 Å². The molecule has 5 nitrogen and oxygen atoms in total. The van der Waals surface area contributed by atoms with Gasteiger partial charge in [0.15, 0.2) is 0 Å². The van der Waals surface area contributed by atoms with Crippen molar-refractivity contribution in [2.75, 3.05) is 18.4 Å². The standard InChI is InChI=1S/C13H22N4O.2ClH/c1-8(2)10-6-15-9(3)16-13(10)17-11-4-5-14-7-12(11)18;;/h6,8,11-12,14,18H,4-5,7H2,1-3H3,(H,15,16,17);2*1H/t11-,12-;;/m1../s1. The van der Waals surface area contributed by atoms with E-state index in [4.69, 9.17) is 0 Å². The number of halogens is 2. The van der Waals surface area contributed by atoms with Crippen LogP contribution in [0.25, 0.3) is 0 Å². The van der Waals surface area contributed by atoms with Gasteiger partial charge in [-0.15, -0.1) is 24.8 Å². The predicted octanol–water partition coefficient (Wildman–Crippen LogP) is 1.89. The van der Waals surface area contributed by atoms with Crippen LogP contribution in [0.15, 0.2) is 6.20 Å². The van der Waals surface area contributed by atoms with E-state index >= 15 is 0 Å². The molecule has 0 bridgehead atoms. The quantitative estimate of drug-likeness (QED) is 0.792. The summed E-state index contributed by atoms with van der Waals surface area (Å²) < 4.78 is 0. The summed E-state index contributed by atoms with van der Waals surface area (Å²) >= 11 is 0. The SMILES string of the molecule is Cc1ncc(C(C)C)c(N[C@@H]2CCNC[C@H]2O)n1.Cl.Cl. The van der Waals surface area contributed by atoms with Crippen LogP contribution in [-0.2, 0) is 0 Å². The molecule has 116 valence electrons. The Labute approximate surface area is 132 Å². The molecular formula is C13H24Cl2N4O. The molecule has 3 N–H and O–H groups in total. The molecule has 1 aromatic rings. The second-order valence-corrected chi connectivity index (χ2v) is 5.19. The third-order valence-electron chi connectivity index (χ3n) is 3.33. The fourth-order valence-electron chi connectivity index (χ4n) is 2.20. The Morgan fingerprint density at radius 1 is 1.40 bits per heavy atom. The van der Waals surface area contributed by atoms with Gasteiger partial charge in [0.05, 0.1) is 12.1 Å². The topological polar surface area (TPSA) is 70.1 Å². The molecule has 2 heterocycles. The zero-order valence-electron chi connectivity index (χ0n) is 12.1. The predicted molar refractivity (Wildman–Crippen MR) is 86.3 cm³/mol. The Kier molecular flexibility index (Phi) is 8.35. The average molecular weight is 323 g/mol. The van der Waals surface area contributed by atoms with Gasteiger partial charge in [-0.2, -0.15) is 0 Å². The van der Waals surface area contributed by atoms with Crippen molar-refractivity contribution in [3.8, 4) is 0 Å². The first-order chi connectivity index (χ1) is 8.58. The molecular weight excluding hydrogens is 299 g/mol. The van der Waals surface area contributed by atoms with E-state index in [1.807, 2.05) is 13.1 Å². The number of nitrogens with zero attached hydrogens (tertiary/aromatic N) is 2. The highest BCUT2D eigenvalue weighted by Gasteiger charge is 2.24. The third-order valence-corrected chi connectivity index (χ3v) is 3.33. The lowest BCUT2D eigenvalue weighted by Gasteiger charge is -2.30. The van der Waals surface area contributed by atoms with E-state index in [9.17, 15) is 5.11 Å². The number of anilines is 1. The van der Waals surface area contributed by atoms with Crippen molar-refractivity contribution in [2.24, 2.45) is 0 Å². The maximum absolute atomic E-state index is 9.96. The zero-order chi connectivity index (χ0) is 13.1. The number of hydrogen-bond donors (Lipinski definition) is 3. The first kappa shape index (κ1) is 19.4. The maximum Gasteiger partial charge on any atom is 0.133 e. The van der Waals surface area contributed by atoms with E-state index in [0.717, 1.165) is 30.2 Å². The number of nitrogens with one attached hydrogen (secondary N) is 2. The minimum atomic E-state index is -0.367. The fourth-order valence-corrected chi connectivity index (χ4v) is 2.20. The van der Waals surface area contributed by atoms with Crippen LogP contribution in [0.1, 0.15) is 37.6 Å². The minimum Gasteiger partial charge on any atom is -0.390 e. The van der Waals surface area contributed by atoms with Gasteiger partial charge in [-0.05, 0) is 25.8 Å². The summed E-state index contributed by atoms with van der Waals surface area (Å²) in [7, 11) is 0. The van der Waals surface area contributed by atoms with Gasteiger partial charge in [-0.1, -0.05) is 13.8 Å². The molecule has 0 radical (unpaired) electrons. The van der Waals surface area contributed by atoms with Crippen LogP contribution in [0.5, 0.6) is 0 Å². The molecule has 1 saturated heterocycles. The molecule has 20 heavy (non-hydrogen) atoms. The molecule has 7 heteroatoms. The van der Waals surface area contributed by atoms with Crippen molar-refractivity contribution >= 4 is 30.6 Å². The van der Waals surface area contributed by atoms with Gasteiger partial charge >= 0.3 is 0 Å². The van der Waals surface area contributed by atoms with Gasteiger partial charge in [0.2, 0.25) is 0 Å². The van der Waals surface area contributed by atoms with E-state index < -0.39 is 0 Å². The Morgan fingerprint density at radius 2 is 2.10 bits per heavy atom. The second-order valence-electron chi connectivity index (χ2n) is 5.19. The van der Waals surface area contributed by atoms with Crippen LogP contribution < -0.4 is 10.6 Å². The monoisotopic (exact) mass is 322 g/mol. The molecule has 2 rings (SSSR count). The number of piperidine rings is 1. The zero-order valence-corrected chi connectivity index (χ0v) is 13.7. The summed E-state index contributed by atoms with van der Waals surface area (Å²) in [5.41, 5.74) is 1.10. The molecule has 1 aliphatic heterocycles. The average Bonchev–Trinajstić information content (AvgIpc) is 2.32. The van der Waals surface area contributed by atoms with Crippen molar-refractivity contribution in [3.63, 3.8) is 0 Å².